The number of benzene rings is 1. The van der Waals surface area contributed by atoms with E-state index < -0.39 is 0 Å². The van der Waals surface area contributed by atoms with Crippen molar-refractivity contribution in [3.05, 3.63) is 24.3 Å². The summed E-state index contributed by atoms with van der Waals surface area (Å²) in [5, 5.41) is 14.9. The van der Waals surface area contributed by atoms with Gasteiger partial charge in [-0.2, -0.15) is 4.68 Å². The number of tetrazole rings is 1. The number of carbonyl (C=O) groups excluding carboxylic acids is 2. The van der Waals surface area contributed by atoms with Crippen LogP contribution in [0.4, 0.5) is 5.69 Å². The summed E-state index contributed by atoms with van der Waals surface area (Å²) in [7, 11) is 0. The number of piperidine rings is 1. The third-order valence-electron chi connectivity index (χ3n) is 4.86. The first-order valence-electron chi connectivity index (χ1n) is 9.63. The van der Waals surface area contributed by atoms with Gasteiger partial charge >= 0.3 is 0 Å². The van der Waals surface area contributed by atoms with Gasteiger partial charge < -0.3 is 10.2 Å². The van der Waals surface area contributed by atoms with Gasteiger partial charge in [-0.3, -0.25) is 9.59 Å². The number of amides is 2. The van der Waals surface area contributed by atoms with Crippen molar-refractivity contribution in [1.29, 1.82) is 0 Å². The van der Waals surface area contributed by atoms with E-state index in [0.717, 1.165) is 31.5 Å². The molecule has 150 valence electrons. The van der Waals surface area contributed by atoms with Crippen molar-refractivity contribution in [3.8, 4) is 5.69 Å². The van der Waals surface area contributed by atoms with Crippen LogP contribution in [0.15, 0.2) is 29.4 Å². The molecule has 2 atom stereocenters. The number of rotatable bonds is 6. The van der Waals surface area contributed by atoms with E-state index in [0.29, 0.717) is 16.9 Å². The number of carbonyl (C=O) groups is 2. The number of likely N-dealkylation sites (tertiary alicyclic amines) is 1. The predicted molar refractivity (Wildman–Crippen MR) is 108 cm³/mol. The molecule has 1 aliphatic heterocycles. The second-order valence-corrected chi connectivity index (χ2v) is 8.26. The normalized spacial score (nSPS) is 18.0. The van der Waals surface area contributed by atoms with Crippen LogP contribution in [0.25, 0.3) is 5.69 Å². The maximum Gasteiger partial charge on any atom is 0.236 e. The monoisotopic (exact) mass is 402 g/mol. The smallest absolute Gasteiger partial charge is 0.236 e. The number of aromatic nitrogens is 4. The van der Waals surface area contributed by atoms with E-state index in [4.69, 9.17) is 0 Å². The van der Waals surface area contributed by atoms with Gasteiger partial charge in [0.05, 0.1) is 10.9 Å². The third kappa shape index (κ3) is 4.70. The molecule has 0 spiro atoms. The molecule has 1 aromatic carbocycles. The van der Waals surface area contributed by atoms with Crippen molar-refractivity contribution < 1.29 is 9.59 Å². The second-order valence-electron chi connectivity index (χ2n) is 6.95. The standard InChI is InChI=1S/C19H26N6O2S/c1-4-16-9-5-6-11-24(16)18(27)13(2)28-19-21-22-23-25(19)17-10-7-8-15(12-17)20-14(3)26/h7-8,10,12-13,16H,4-6,9,11H2,1-3H3,(H,20,26). The van der Waals surface area contributed by atoms with Crippen molar-refractivity contribution in [2.75, 3.05) is 11.9 Å². The Labute approximate surface area is 169 Å². The zero-order valence-corrected chi connectivity index (χ0v) is 17.3. The van der Waals surface area contributed by atoms with Crippen LogP contribution in [0, 0.1) is 0 Å². The van der Waals surface area contributed by atoms with Crippen LogP contribution in [0.2, 0.25) is 0 Å². The van der Waals surface area contributed by atoms with E-state index in [1.807, 2.05) is 24.0 Å². The molecular weight excluding hydrogens is 376 g/mol. The summed E-state index contributed by atoms with van der Waals surface area (Å²) >= 11 is 1.35. The lowest BCUT2D eigenvalue weighted by atomic mass is 10.00. The van der Waals surface area contributed by atoms with Gasteiger partial charge in [-0.15, -0.1) is 5.10 Å². The second kappa shape index (κ2) is 9.18. The first kappa shape index (κ1) is 20.3. The molecule has 0 radical (unpaired) electrons. The van der Waals surface area contributed by atoms with Gasteiger partial charge in [0.1, 0.15) is 0 Å². The van der Waals surface area contributed by atoms with Gasteiger partial charge in [-0.25, -0.2) is 0 Å². The van der Waals surface area contributed by atoms with Crippen LogP contribution < -0.4 is 5.32 Å². The van der Waals surface area contributed by atoms with E-state index >= 15 is 0 Å². The quantitative estimate of drug-likeness (QED) is 0.747. The minimum Gasteiger partial charge on any atom is -0.339 e. The van der Waals surface area contributed by atoms with Gasteiger partial charge in [0.25, 0.3) is 0 Å². The Hall–Kier alpha value is -2.42. The lowest BCUT2D eigenvalue weighted by Gasteiger charge is -2.36. The summed E-state index contributed by atoms with van der Waals surface area (Å²) < 4.78 is 1.59. The third-order valence-corrected chi connectivity index (χ3v) is 5.88. The zero-order chi connectivity index (χ0) is 20.1. The van der Waals surface area contributed by atoms with Crippen molar-refractivity contribution >= 4 is 29.3 Å². The molecule has 0 bridgehead atoms. The molecule has 2 aromatic rings. The molecule has 28 heavy (non-hydrogen) atoms. The van der Waals surface area contributed by atoms with Gasteiger partial charge in [-0.1, -0.05) is 24.8 Å². The lowest BCUT2D eigenvalue weighted by molar-refractivity contribution is -0.134. The molecule has 2 heterocycles. The fourth-order valence-electron chi connectivity index (χ4n) is 3.49. The van der Waals surface area contributed by atoms with Gasteiger partial charge in [0.2, 0.25) is 17.0 Å². The number of nitrogens with one attached hydrogen (secondary N) is 1. The van der Waals surface area contributed by atoms with E-state index in [9.17, 15) is 9.59 Å². The summed E-state index contributed by atoms with van der Waals surface area (Å²) in [6, 6.07) is 7.61. The fraction of sp³-hybridized carbons (Fsp3) is 0.526. The molecule has 1 aromatic heterocycles. The summed E-state index contributed by atoms with van der Waals surface area (Å²) in [5.41, 5.74) is 1.39. The Morgan fingerprint density at radius 1 is 1.36 bits per heavy atom. The topological polar surface area (TPSA) is 93.0 Å². The molecule has 2 amide bonds. The minimum absolute atomic E-state index is 0.137. The van der Waals surface area contributed by atoms with Crippen LogP contribution >= 0.6 is 11.8 Å². The Balaban J connectivity index is 1.75. The summed E-state index contributed by atoms with van der Waals surface area (Å²) in [5.74, 6) is -0.00668. The summed E-state index contributed by atoms with van der Waals surface area (Å²) in [6.07, 6.45) is 4.31. The molecule has 0 aliphatic carbocycles. The Morgan fingerprint density at radius 3 is 2.93 bits per heavy atom. The average molecular weight is 403 g/mol. The Kier molecular flexibility index (Phi) is 6.66. The Bertz CT molecular complexity index is 839. The summed E-state index contributed by atoms with van der Waals surface area (Å²) in [4.78, 5) is 26.3. The molecular formula is C19H26N6O2S. The van der Waals surface area contributed by atoms with Crippen molar-refractivity contribution in [3.63, 3.8) is 0 Å². The van der Waals surface area contributed by atoms with Crippen LogP contribution in [0.3, 0.4) is 0 Å². The number of anilines is 1. The fourth-order valence-corrected chi connectivity index (χ4v) is 4.37. The highest BCUT2D eigenvalue weighted by Crippen LogP contribution is 2.28. The van der Waals surface area contributed by atoms with Crippen LogP contribution in [-0.2, 0) is 9.59 Å². The molecule has 9 heteroatoms. The van der Waals surface area contributed by atoms with Crippen molar-refractivity contribution in [2.45, 2.75) is 62.9 Å². The number of hydrogen-bond acceptors (Lipinski definition) is 6. The zero-order valence-electron chi connectivity index (χ0n) is 16.5. The highest BCUT2D eigenvalue weighted by atomic mass is 32.2. The largest absolute Gasteiger partial charge is 0.339 e. The molecule has 3 rings (SSSR count). The van der Waals surface area contributed by atoms with Crippen molar-refractivity contribution in [2.24, 2.45) is 0 Å². The maximum atomic E-state index is 13.0. The average Bonchev–Trinajstić information content (AvgIpc) is 3.15. The predicted octanol–water partition coefficient (Wildman–Crippen LogP) is 2.89. The molecule has 0 saturated carbocycles. The van der Waals surface area contributed by atoms with Gasteiger partial charge in [-0.05, 0) is 61.2 Å². The number of thioether (sulfide) groups is 1. The molecule has 1 aliphatic rings. The number of nitrogens with zero attached hydrogens (tertiary/aromatic N) is 5. The van der Waals surface area contributed by atoms with E-state index in [1.54, 1.807) is 16.8 Å². The highest BCUT2D eigenvalue weighted by molar-refractivity contribution is 8.00. The van der Waals surface area contributed by atoms with Gasteiger partial charge in [0, 0.05) is 25.2 Å². The first-order chi connectivity index (χ1) is 13.5. The van der Waals surface area contributed by atoms with E-state index in [1.165, 1.54) is 25.1 Å². The molecule has 2 unspecified atom stereocenters. The van der Waals surface area contributed by atoms with Crippen molar-refractivity contribution in [1.82, 2.24) is 25.1 Å². The molecule has 8 nitrogen and oxygen atoms in total. The van der Waals surface area contributed by atoms with Crippen LogP contribution in [0.1, 0.15) is 46.5 Å². The van der Waals surface area contributed by atoms with Crippen LogP contribution in [-0.4, -0.2) is 54.8 Å². The molecule has 1 fully saturated rings. The summed E-state index contributed by atoms with van der Waals surface area (Å²) in [6.45, 7) is 6.33. The van der Waals surface area contributed by atoms with E-state index in [-0.39, 0.29) is 17.1 Å². The van der Waals surface area contributed by atoms with Crippen LogP contribution in [0.5, 0.6) is 0 Å². The molecule has 1 saturated heterocycles. The van der Waals surface area contributed by atoms with E-state index in [2.05, 4.69) is 27.8 Å². The minimum atomic E-state index is -0.282. The SMILES string of the molecule is CCC1CCCCN1C(=O)C(C)Sc1nnnn1-c1cccc(NC(C)=O)c1. The lowest BCUT2D eigenvalue weighted by Crippen LogP contribution is -2.46. The number of hydrogen-bond donors (Lipinski definition) is 1. The molecule has 1 N–H and O–H groups in total. The Morgan fingerprint density at radius 2 is 2.18 bits per heavy atom. The maximum absolute atomic E-state index is 13.0. The first-order valence-corrected chi connectivity index (χ1v) is 10.5. The van der Waals surface area contributed by atoms with Gasteiger partial charge in [0.15, 0.2) is 0 Å². The highest BCUT2D eigenvalue weighted by Gasteiger charge is 2.30.